The smallest absolute Gasteiger partial charge is 0.326 e. The number of carboxylic acids is 1. The van der Waals surface area contributed by atoms with Crippen LogP contribution in [0.25, 0.3) is 10.9 Å². The number of aliphatic hydroxyl groups is 1. The zero-order valence-corrected chi connectivity index (χ0v) is 48.9. The van der Waals surface area contributed by atoms with Crippen LogP contribution in [0.2, 0.25) is 0 Å². The molecule has 466 valence electrons. The maximum absolute atomic E-state index is 14.8. The Bertz CT molecular complexity index is 3040. The number of amides is 9. The number of aliphatic carboxylic acids is 1. The number of aromatic amines is 1. The second-order valence-corrected chi connectivity index (χ2v) is 22.1. The summed E-state index contributed by atoms with van der Waals surface area (Å²) in [5.74, 6) is -10.0. The number of carbonyl (C=O) groups excluding carboxylic acids is 9. The van der Waals surface area contributed by atoms with Crippen molar-refractivity contribution in [2.75, 3.05) is 13.1 Å². The molecule has 4 aromatic rings. The van der Waals surface area contributed by atoms with E-state index in [9.17, 15) is 63.3 Å². The van der Waals surface area contributed by atoms with Crippen molar-refractivity contribution in [1.29, 1.82) is 0 Å². The van der Waals surface area contributed by atoms with Crippen LogP contribution in [-0.2, 0) is 67.2 Å². The van der Waals surface area contributed by atoms with Crippen LogP contribution in [0.1, 0.15) is 89.8 Å². The second kappa shape index (κ2) is 32.2. The van der Waals surface area contributed by atoms with Crippen molar-refractivity contribution in [1.82, 2.24) is 47.1 Å². The third-order valence-corrected chi connectivity index (χ3v) is 14.7. The molecule has 1 aliphatic rings. The van der Waals surface area contributed by atoms with E-state index >= 15 is 0 Å². The number of aromatic nitrogens is 1. The number of phenolic OH excluding ortho intramolecular Hbond substituents is 1. The fraction of sp³-hybridized carbons (Fsp3) is 0.475. The van der Waals surface area contributed by atoms with E-state index in [1.54, 1.807) is 101 Å². The lowest BCUT2D eigenvalue weighted by atomic mass is 9.98. The van der Waals surface area contributed by atoms with Crippen molar-refractivity contribution < 1.29 is 63.3 Å². The van der Waals surface area contributed by atoms with Gasteiger partial charge in [-0.2, -0.15) is 0 Å². The summed E-state index contributed by atoms with van der Waals surface area (Å²) in [5, 5.41) is 50.1. The molecule has 0 spiro atoms. The number of H-pyrrole nitrogens is 1. The minimum Gasteiger partial charge on any atom is -0.508 e. The van der Waals surface area contributed by atoms with Gasteiger partial charge in [-0.15, -0.1) is 0 Å². The number of nitrogens with two attached hydrogens (primary N) is 4. The molecule has 19 N–H and O–H groups in total. The number of carbonyl (C=O) groups is 10. The average molecular weight is 1200 g/mol. The fourth-order valence-corrected chi connectivity index (χ4v) is 9.76. The van der Waals surface area contributed by atoms with E-state index in [0.29, 0.717) is 34.0 Å². The molecular weight excluding hydrogens is 1110 g/mol. The number of fused-ring (bicyclic) bond motifs is 1. The van der Waals surface area contributed by atoms with Gasteiger partial charge >= 0.3 is 5.97 Å². The summed E-state index contributed by atoms with van der Waals surface area (Å²) >= 11 is 0. The van der Waals surface area contributed by atoms with Gasteiger partial charge in [0.1, 0.15) is 54.1 Å². The molecule has 1 fully saturated rings. The Morgan fingerprint density at radius 2 is 1.19 bits per heavy atom. The number of likely N-dealkylation sites (tertiary alicyclic amines) is 1. The number of nitrogens with one attached hydrogen (secondary N) is 8. The first kappa shape index (κ1) is 67.7. The average Bonchev–Trinajstić information content (AvgIpc) is 2.56. The predicted molar refractivity (Wildman–Crippen MR) is 318 cm³/mol. The monoisotopic (exact) mass is 1190 g/mol. The van der Waals surface area contributed by atoms with Gasteiger partial charge < -0.3 is 85.4 Å². The van der Waals surface area contributed by atoms with Crippen molar-refractivity contribution in [2.45, 2.75) is 153 Å². The first-order chi connectivity index (χ1) is 40.7. The number of hydrogen-bond donors (Lipinski definition) is 15. The van der Waals surface area contributed by atoms with E-state index in [4.69, 9.17) is 22.9 Å². The topological polar surface area (TPSA) is 451 Å². The van der Waals surface area contributed by atoms with Crippen LogP contribution in [0.15, 0.2) is 90.1 Å². The molecule has 0 radical (unpaired) electrons. The molecule has 0 aliphatic carbocycles. The zero-order valence-electron chi connectivity index (χ0n) is 48.9. The predicted octanol–water partition coefficient (Wildman–Crippen LogP) is -1.29. The Morgan fingerprint density at radius 3 is 1.80 bits per heavy atom. The second-order valence-electron chi connectivity index (χ2n) is 22.1. The molecular formula is C59H82N14O13. The molecule has 10 atom stereocenters. The molecule has 27 nitrogen and oxygen atoms in total. The number of aliphatic hydroxyl groups excluding tert-OH is 1. The van der Waals surface area contributed by atoms with Crippen molar-refractivity contribution in [3.63, 3.8) is 0 Å². The number of para-hydroxylation sites is 1. The molecule has 1 saturated heterocycles. The van der Waals surface area contributed by atoms with Crippen LogP contribution in [-0.4, -0.2) is 164 Å². The summed E-state index contributed by atoms with van der Waals surface area (Å²) in [6, 6.07) is 9.04. The molecule has 0 saturated carbocycles. The number of hydrogen-bond acceptors (Lipinski definition) is 14. The maximum atomic E-state index is 14.8. The summed E-state index contributed by atoms with van der Waals surface area (Å²) in [6.45, 7) is 8.17. The van der Waals surface area contributed by atoms with Crippen LogP contribution < -0.4 is 60.2 Å². The number of aliphatic imine (C=N–C) groups is 1. The van der Waals surface area contributed by atoms with E-state index in [1.165, 1.54) is 24.0 Å². The molecule has 1 aliphatic heterocycles. The number of nitrogens with zero attached hydrogens (tertiary/aromatic N) is 2. The number of aromatic hydroxyl groups is 1. The standard InChI is InChI=1S/C59H82N14O13/c1-31(2)47(61)54(81)71-48(32(3)4)55(82)69-43(27-35-19-21-37(75)22-20-35)57(84)73-26-12-18-45(73)53(80)68-42(29-36-30-65-39-16-10-9-15-38(36)39)52(79)72-49(33(5)74)56(83)67-41(23-24-46(60)76)51(78)66-40(17-11-25-64-59(62)63)50(77)70-44(58(85)86)28-34-13-7-6-8-14-34/h6-10,13-16,19-22,30-33,40-45,47-49,65,74-75H,11-12,17-18,23-29,61H2,1-5H3,(H2,60,76)(H,66,78)(H,67,83)(H,68,80)(H,69,82)(H,70,77)(H,71,81)(H,72,79)(H,85,86)(H4,62,63,64)/t33-,40+,41+,42+,43+,44+,45+,47+,48+,49+/m1/s1. The number of primary amides is 1. The van der Waals surface area contributed by atoms with Gasteiger partial charge in [-0.25, -0.2) is 4.79 Å². The summed E-state index contributed by atoms with van der Waals surface area (Å²) in [4.78, 5) is 147. The van der Waals surface area contributed by atoms with Gasteiger partial charge in [0.15, 0.2) is 5.96 Å². The third kappa shape index (κ3) is 20.0. The summed E-state index contributed by atoms with van der Waals surface area (Å²) in [6.07, 6.45) is -0.992. The quantitative estimate of drug-likeness (QED) is 0.0154. The van der Waals surface area contributed by atoms with E-state index in [0.717, 1.165) is 0 Å². The molecule has 1 aromatic heterocycles. The van der Waals surface area contributed by atoms with Gasteiger partial charge in [0.05, 0.1) is 12.1 Å². The first-order valence-corrected chi connectivity index (χ1v) is 28.5. The lowest BCUT2D eigenvalue weighted by Gasteiger charge is -2.32. The van der Waals surface area contributed by atoms with Gasteiger partial charge in [0.2, 0.25) is 53.2 Å². The minimum atomic E-state index is -1.85. The Kier molecular flexibility index (Phi) is 25.4. The van der Waals surface area contributed by atoms with Crippen molar-refractivity contribution >= 4 is 76.0 Å². The Balaban J connectivity index is 1.41. The maximum Gasteiger partial charge on any atom is 0.326 e. The Labute approximate surface area is 498 Å². The van der Waals surface area contributed by atoms with Gasteiger partial charge in [-0.3, -0.25) is 48.1 Å². The summed E-state index contributed by atoms with van der Waals surface area (Å²) < 4.78 is 0. The normalized spacial score (nSPS) is 16.2. The van der Waals surface area contributed by atoms with Gasteiger partial charge in [-0.1, -0.05) is 88.4 Å². The molecule has 5 rings (SSSR count). The minimum absolute atomic E-state index is 0.00417. The van der Waals surface area contributed by atoms with E-state index < -0.39 is 138 Å². The van der Waals surface area contributed by atoms with Crippen LogP contribution in [0.4, 0.5) is 0 Å². The molecule has 27 heteroatoms. The number of rotatable bonds is 32. The summed E-state index contributed by atoms with van der Waals surface area (Å²) in [5.41, 5.74) is 24.9. The lowest BCUT2D eigenvalue weighted by molar-refractivity contribution is -0.143. The Morgan fingerprint density at radius 1 is 0.628 bits per heavy atom. The lowest BCUT2D eigenvalue weighted by Crippen LogP contribution is -2.62. The molecule has 3 aromatic carbocycles. The highest BCUT2D eigenvalue weighted by Gasteiger charge is 2.41. The molecule has 2 heterocycles. The summed E-state index contributed by atoms with van der Waals surface area (Å²) in [7, 11) is 0. The van der Waals surface area contributed by atoms with E-state index in [2.05, 4.69) is 47.2 Å². The number of guanidine groups is 1. The van der Waals surface area contributed by atoms with Crippen molar-refractivity contribution in [2.24, 2.45) is 39.8 Å². The third-order valence-electron chi connectivity index (χ3n) is 14.7. The highest BCUT2D eigenvalue weighted by atomic mass is 16.4. The molecule has 0 unspecified atom stereocenters. The van der Waals surface area contributed by atoms with Gasteiger partial charge in [-0.05, 0) is 85.8 Å². The SMILES string of the molecule is CC(C)[C@H](N)C(=O)N[C@H](C(=O)N[C@@H](Cc1ccc(O)cc1)C(=O)N1CCC[C@H]1C(=O)N[C@@H](Cc1c[nH]c2ccccc12)C(=O)N[C@H](C(=O)N[C@@H](CCC(N)=O)C(=O)N[C@@H](CCCN=C(N)N)C(=O)N[C@@H](Cc1ccccc1)C(=O)O)[C@@H](C)O)C(C)C. The van der Waals surface area contributed by atoms with E-state index in [1.807, 2.05) is 0 Å². The van der Waals surface area contributed by atoms with Crippen molar-refractivity contribution in [3.05, 3.63) is 102 Å². The van der Waals surface area contributed by atoms with E-state index in [-0.39, 0.29) is 69.2 Å². The molecule has 0 bridgehead atoms. The number of phenols is 1. The van der Waals surface area contributed by atoms with Crippen LogP contribution >= 0.6 is 0 Å². The van der Waals surface area contributed by atoms with Crippen LogP contribution in [0.5, 0.6) is 5.75 Å². The van der Waals surface area contributed by atoms with Crippen LogP contribution in [0.3, 0.4) is 0 Å². The highest BCUT2D eigenvalue weighted by molar-refractivity contribution is 5.99. The number of carboxylic acid groups (broad SMARTS) is 1. The van der Waals surface area contributed by atoms with Crippen LogP contribution in [0, 0.1) is 11.8 Å². The Hall–Kier alpha value is -9.11. The number of benzene rings is 3. The van der Waals surface area contributed by atoms with Gasteiger partial charge in [0.25, 0.3) is 0 Å². The molecule has 9 amide bonds. The first-order valence-electron chi connectivity index (χ1n) is 28.5. The largest absolute Gasteiger partial charge is 0.508 e. The fourth-order valence-electron chi connectivity index (χ4n) is 9.76. The van der Waals surface area contributed by atoms with Crippen molar-refractivity contribution in [3.8, 4) is 5.75 Å². The van der Waals surface area contributed by atoms with Gasteiger partial charge in [0, 0.05) is 55.9 Å². The highest BCUT2D eigenvalue weighted by Crippen LogP contribution is 2.24. The zero-order chi connectivity index (χ0) is 63.4. The molecule has 86 heavy (non-hydrogen) atoms.